The number of halogens is 2. The quantitative estimate of drug-likeness (QED) is 0.470. The molecular weight excluding hydrogens is 323 g/mol. The summed E-state index contributed by atoms with van der Waals surface area (Å²) in [5.41, 5.74) is 6.36. The van der Waals surface area contributed by atoms with Crippen LogP contribution in [-0.2, 0) is 21.3 Å². The van der Waals surface area contributed by atoms with E-state index >= 15 is 0 Å². The lowest BCUT2D eigenvalue weighted by molar-refractivity contribution is 0.129. The number of nitrogens with two attached hydrogens (primary N) is 1. The molecule has 0 amide bonds. The number of sulfone groups is 1. The Balaban J connectivity index is 2.45. The molecule has 0 aliphatic carbocycles. The van der Waals surface area contributed by atoms with Crippen molar-refractivity contribution in [1.82, 2.24) is 0 Å². The monoisotopic (exact) mass is 338 g/mol. The number of nitrogens with zero attached hydrogens (tertiary/aromatic N) is 1. The maximum atomic E-state index is 11.3. The molecule has 0 unspecified atom stereocenters. The van der Waals surface area contributed by atoms with Crippen LogP contribution in [-0.4, -0.2) is 25.8 Å². The van der Waals surface area contributed by atoms with Crippen LogP contribution in [0.25, 0.3) is 0 Å². The van der Waals surface area contributed by atoms with Gasteiger partial charge in [-0.3, -0.25) is 0 Å². The average molecular weight is 339 g/mol. The van der Waals surface area contributed by atoms with Crippen LogP contribution in [0.5, 0.6) is 0 Å². The summed E-state index contributed by atoms with van der Waals surface area (Å²) in [5.74, 6) is 0.196. The molecule has 0 spiro atoms. The van der Waals surface area contributed by atoms with E-state index < -0.39 is 9.84 Å². The van der Waals surface area contributed by atoms with Crippen LogP contribution < -0.4 is 5.73 Å². The summed E-state index contributed by atoms with van der Waals surface area (Å²) < 4.78 is 22.6. The summed E-state index contributed by atoms with van der Waals surface area (Å²) in [5, 5.41) is 4.55. The molecule has 1 aromatic carbocycles. The highest BCUT2D eigenvalue weighted by atomic mass is 35.5. The Hall–Kier alpha value is -0.980. The third-order valence-electron chi connectivity index (χ3n) is 2.51. The molecule has 0 aliphatic heterocycles. The first-order valence-corrected chi connectivity index (χ1v) is 8.50. The zero-order chi connectivity index (χ0) is 15.2. The van der Waals surface area contributed by atoms with E-state index in [1.165, 1.54) is 0 Å². The molecule has 0 bridgehead atoms. The van der Waals surface area contributed by atoms with Gasteiger partial charge in [0.1, 0.15) is 22.3 Å². The Kier molecular flexibility index (Phi) is 6.58. The van der Waals surface area contributed by atoms with E-state index in [4.69, 9.17) is 33.8 Å². The summed E-state index contributed by atoms with van der Waals surface area (Å²) in [4.78, 5) is 5.04. The summed E-state index contributed by atoms with van der Waals surface area (Å²) in [6.07, 6.45) is 0.150. The van der Waals surface area contributed by atoms with Gasteiger partial charge >= 0.3 is 0 Å². The van der Waals surface area contributed by atoms with Gasteiger partial charge in [-0.1, -0.05) is 41.3 Å². The number of hydrogen-bond acceptors (Lipinski definition) is 4. The standard InChI is InChI=1S/C12H16Cl2N2O3S/c1-2-20(17,18)6-5-12(15)16-19-8-9-3-4-10(13)11(14)7-9/h3-4,7H,2,5-6,8H2,1H3,(H2,15,16). The number of rotatable bonds is 7. The van der Waals surface area contributed by atoms with E-state index in [9.17, 15) is 8.42 Å². The topological polar surface area (TPSA) is 81.8 Å². The van der Waals surface area contributed by atoms with Crippen molar-refractivity contribution < 1.29 is 13.3 Å². The van der Waals surface area contributed by atoms with Crippen LogP contribution in [0.4, 0.5) is 0 Å². The SMILES string of the molecule is CCS(=O)(=O)CCC(N)=NOCc1ccc(Cl)c(Cl)c1. The summed E-state index contributed by atoms with van der Waals surface area (Å²) in [6.45, 7) is 1.77. The van der Waals surface area contributed by atoms with E-state index in [1.54, 1.807) is 25.1 Å². The number of benzene rings is 1. The highest BCUT2D eigenvalue weighted by Crippen LogP contribution is 2.22. The summed E-state index contributed by atoms with van der Waals surface area (Å²) in [7, 11) is -3.05. The molecule has 0 heterocycles. The Labute approximate surface area is 128 Å². The van der Waals surface area contributed by atoms with Gasteiger partial charge in [-0.25, -0.2) is 8.42 Å². The van der Waals surface area contributed by atoms with Crippen molar-refractivity contribution in [3.8, 4) is 0 Å². The van der Waals surface area contributed by atoms with Gasteiger partial charge in [0.2, 0.25) is 0 Å². The number of hydrogen-bond donors (Lipinski definition) is 1. The first kappa shape index (κ1) is 17.1. The summed E-state index contributed by atoms with van der Waals surface area (Å²) >= 11 is 11.6. The molecule has 0 aliphatic rings. The predicted octanol–water partition coefficient (Wildman–Crippen LogP) is 2.61. The predicted molar refractivity (Wildman–Crippen MR) is 81.8 cm³/mol. The smallest absolute Gasteiger partial charge is 0.150 e. The number of oxime groups is 1. The highest BCUT2D eigenvalue weighted by Gasteiger charge is 2.08. The molecule has 1 aromatic rings. The fraction of sp³-hybridized carbons (Fsp3) is 0.417. The average Bonchev–Trinajstić information content (AvgIpc) is 2.41. The Morgan fingerprint density at radius 1 is 1.35 bits per heavy atom. The van der Waals surface area contributed by atoms with E-state index in [-0.39, 0.29) is 30.4 Å². The van der Waals surface area contributed by atoms with Crippen molar-refractivity contribution in [2.24, 2.45) is 10.9 Å². The van der Waals surface area contributed by atoms with E-state index in [2.05, 4.69) is 5.16 Å². The normalized spacial score (nSPS) is 12.4. The van der Waals surface area contributed by atoms with Crippen molar-refractivity contribution in [1.29, 1.82) is 0 Å². The second-order valence-electron chi connectivity index (χ2n) is 4.09. The lowest BCUT2D eigenvalue weighted by Crippen LogP contribution is -2.19. The second-order valence-corrected chi connectivity index (χ2v) is 7.38. The molecular formula is C12H16Cl2N2O3S. The van der Waals surface area contributed by atoms with Crippen LogP contribution in [0.1, 0.15) is 18.9 Å². The first-order chi connectivity index (χ1) is 9.34. The van der Waals surface area contributed by atoms with Gasteiger partial charge in [0, 0.05) is 12.2 Å². The van der Waals surface area contributed by atoms with Crippen molar-refractivity contribution in [3.05, 3.63) is 33.8 Å². The highest BCUT2D eigenvalue weighted by molar-refractivity contribution is 7.91. The molecule has 5 nitrogen and oxygen atoms in total. The summed E-state index contributed by atoms with van der Waals surface area (Å²) in [6, 6.07) is 5.07. The minimum atomic E-state index is -3.05. The molecule has 0 radical (unpaired) electrons. The molecule has 20 heavy (non-hydrogen) atoms. The van der Waals surface area contributed by atoms with Crippen molar-refractivity contribution in [2.45, 2.75) is 20.0 Å². The fourth-order valence-electron chi connectivity index (χ4n) is 1.27. The minimum absolute atomic E-state index is 0.0328. The molecule has 2 N–H and O–H groups in total. The van der Waals surface area contributed by atoms with Crippen molar-refractivity contribution >= 4 is 38.9 Å². The van der Waals surface area contributed by atoms with Gasteiger partial charge in [0.15, 0.2) is 0 Å². The van der Waals surface area contributed by atoms with Gasteiger partial charge in [-0.15, -0.1) is 0 Å². The Morgan fingerprint density at radius 3 is 2.65 bits per heavy atom. The molecule has 0 saturated carbocycles. The van der Waals surface area contributed by atoms with Crippen LogP contribution in [0.15, 0.2) is 23.4 Å². The van der Waals surface area contributed by atoms with Crippen LogP contribution >= 0.6 is 23.2 Å². The zero-order valence-corrected chi connectivity index (χ0v) is 13.3. The Morgan fingerprint density at radius 2 is 2.05 bits per heavy atom. The van der Waals surface area contributed by atoms with Crippen LogP contribution in [0.3, 0.4) is 0 Å². The van der Waals surface area contributed by atoms with Crippen LogP contribution in [0, 0.1) is 0 Å². The molecule has 8 heteroatoms. The van der Waals surface area contributed by atoms with Gasteiger partial charge in [-0.2, -0.15) is 0 Å². The maximum Gasteiger partial charge on any atom is 0.150 e. The molecule has 0 fully saturated rings. The van der Waals surface area contributed by atoms with E-state index in [0.717, 1.165) is 5.56 Å². The third kappa shape index (κ3) is 5.98. The van der Waals surface area contributed by atoms with Crippen LogP contribution in [0.2, 0.25) is 10.0 Å². The largest absolute Gasteiger partial charge is 0.390 e. The Bertz CT molecular complexity index is 588. The molecule has 1 rings (SSSR count). The molecule has 0 atom stereocenters. The lowest BCUT2D eigenvalue weighted by atomic mass is 10.2. The van der Waals surface area contributed by atoms with E-state index in [0.29, 0.717) is 10.0 Å². The minimum Gasteiger partial charge on any atom is -0.390 e. The number of amidine groups is 1. The van der Waals surface area contributed by atoms with Crippen molar-refractivity contribution in [3.63, 3.8) is 0 Å². The van der Waals surface area contributed by atoms with Gasteiger partial charge < -0.3 is 10.6 Å². The van der Waals surface area contributed by atoms with E-state index in [1.807, 2.05) is 0 Å². The first-order valence-electron chi connectivity index (χ1n) is 5.92. The molecule has 0 aromatic heterocycles. The second kappa shape index (κ2) is 7.71. The fourth-order valence-corrected chi connectivity index (χ4v) is 2.40. The van der Waals surface area contributed by atoms with Gasteiger partial charge in [0.05, 0.1) is 15.8 Å². The van der Waals surface area contributed by atoms with Gasteiger partial charge in [0.25, 0.3) is 0 Å². The molecule has 0 saturated heterocycles. The maximum absolute atomic E-state index is 11.3. The van der Waals surface area contributed by atoms with Crippen molar-refractivity contribution in [2.75, 3.05) is 11.5 Å². The molecule has 112 valence electrons. The third-order valence-corrected chi connectivity index (χ3v) is 4.95. The lowest BCUT2D eigenvalue weighted by Gasteiger charge is -2.04. The van der Waals surface area contributed by atoms with Gasteiger partial charge in [-0.05, 0) is 17.7 Å². The zero-order valence-electron chi connectivity index (χ0n) is 11.0.